The minimum absolute atomic E-state index is 0.0396. The van der Waals surface area contributed by atoms with Gasteiger partial charge in [0.2, 0.25) is 0 Å². The van der Waals surface area contributed by atoms with Gasteiger partial charge in [-0.2, -0.15) is 0 Å². The van der Waals surface area contributed by atoms with Gasteiger partial charge in [-0.3, -0.25) is 14.4 Å². The highest BCUT2D eigenvalue weighted by Gasteiger charge is 2.38. The van der Waals surface area contributed by atoms with Gasteiger partial charge in [-0.15, -0.1) is 0 Å². The lowest BCUT2D eigenvalue weighted by Gasteiger charge is -2.29. The van der Waals surface area contributed by atoms with Crippen molar-refractivity contribution in [1.82, 2.24) is 0 Å². The summed E-state index contributed by atoms with van der Waals surface area (Å²) in [5.74, 6) is -2.26. The molecule has 0 radical (unpaired) electrons. The molecule has 1 aromatic rings. The second-order valence-corrected chi connectivity index (χ2v) is 10.2. The van der Waals surface area contributed by atoms with Crippen LogP contribution in [0.5, 0.6) is 11.5 Å². The van der Waals surface area contributed by atoms with Gasteiger partial charge in [0.15, 0.2) is 11.5 Å². The molecule has 10 nitrogen and oxygen atoms in total. The Morgan fingerprint density at radius 3 is 1.90 bits per heavy atom. The number of ether oxygens (including phenoxy) is 5. The standard InChI is InChI=1S/C29H45NO9/c1-9-12-20(6)36-28(34)37-21(7)16-29(30,27(33)35-8)17-22-13-14-23(38-25(31)18(4)10-2)24(15-22)39-26(32)19(5)11-3/h13-15,18-21H,9-12,16-17,30H2,1-8H3/t18?,19?,20-,21-,29?/m0/s1. The minimum Gasteiger partial charge on any atom is -0.468 e. The van der Waals surface area contributed by atoms with Gasteiger partial charge in [-0.25, -0.2) is 4.79 Å². The monoisotopic (exact) mass is 551 g/mol. The molecule has 0 fully saturated rings. The average molecular weight is 552 g/mol. The Bertz CT molecular complexity index is 980. The molecule has 0 amide bonds. The van der Waals surface area contributed by atoms with E-state index in [-0.39, 0.29) is 42.3 Å². The summed E-state index contributed by atoms with van der Waals surface area (Å²) in [6.45, 7) is 12.5. The average Bonchev–Trinajstić information content (AvgIpc) is 2.87. The smallest absolute Gasteiger partial charge is 0.468 e. The number of methoxy groups -OCH3 is 1. The molecule has 1 aromatic carbocycles. The molecule has 220 valence electrons. The molecular formula is C29H45NO9. The molecule has 0 saturated carbocycles. The third-order valence-electron chi connectivity index (χ3n) is 6.51. The highest BCUT2D eigenvalue weighted by molar-refractivity contribution is 5.81. The molecule has 0 aliphatic carbocycles. The van der Waals surface area contributed by atoms with Crippen LogP contribution in [0.25, 0.3) is 0 Å². The van der Waals surface area contributed by atoms with Crippen molar-refractivity contribution in [2.75, 3.05) is 7.11 Å². The zero-order chi connectivity index (χ0) is 29.8. The summed E-state index contributed by atoms with van der Waals surface area (Å²) in [7, 11) is 1.22. The maximum absolute atomic E-state index is 12.8. The van der Waals surface area contributed by atoms with E-state index in [1.807, 2.05) is 20.8 Å². The molecule has 10 heteroatoms. The topological polar surface area (TPSA) is 140 Å². The number of carbonyl (C=O) groups excluding carboxylic acids is 4. The largest absolute Gasteiger partial charge is 0.508 e. The molecule has 5 atom stereocenters. The lowest BCUT2D eigenvalue weighted by atomic mass is 9.86. The van der Waals surface area contributed by atoms with Gasteiger partial charge in [0.05, 0.1) is 18.9 Å². The highest BCUT2D eigenvalue weighted by Crippen LogP contribution is 2.32. The normalized spacial score (nSPS) is 15.6. The van der Waals surface area contributed by atoms with E-state index in [2.05, 4.69) is 0 Å². The SMILES string of the molecule is CCC[C@H](C)OC(=O)O[C@@H](C)CC(N)(Cc1ccc(OC(=O)C(C)CC)c(OC(=O)C(C)CC)c1)C(=O)OC. The van der Waals surface area contributed by atoms with Crippen LogP contribution in [0.3, 0.4) is 0 Å². The van der Waals surface area contributed by atoms with Crippen molar-refractivity contribution in [1.29, 1.82) is 0 Å². The first-order chi connectivity index (χ1) is 18.3. The number of hydrogen-bond acceptors (Lipinski definition) is 10. The van der Waals surface area contributed by atoms with Crippen molar-refractivity contribution in [3.05, 3.63) is 23.8 Å². The van der Waals surface area contributed by atoms with E-state index in [0.29, 0.717) is 24.8 Å². The number of benzene rings is 1. The van der Waals surface area contributed by atoms with Crippen LogP contribution >= 0.6 is 0 Å². The quantitative estimate of drug-likeness (QED) is 0.230. The maximum Gasteiger partial charge on any atom is 0.508 e. The van der Waals surface area contributed by atoms with Crippen LogP contribution in [0.1, 0.15) is 86.1 Å². The summed E-state index contributed by atoms with van der Waals surface area (Å²) in [5.41, 5.74) is 5.44. The molecule has 0 aliphatic heterocycles. The van der Waals surface area contributed by atoms with E-state index in [9.17, 15) is 19.2 Å². The van der Waals surface area contributed by atoms with Gasteiger partial charge in [-0.05, 0) is 50.8 Å². The number of hydrogen-bond donors (Lipinski definition) is 1. The van der Waals surface area contributed by atoms with E-state index < -0.39 is 35.7 Å². The first-order valence-corrected chi connectivity index (χ1v) is 13.6. The number of rotatable bonds is 15. The molecule has 0 heterocycles. The van der Waals surface area contributed by atoms with Crippen LogP contribution < -0.4 is 15.2 Å². The third kappa shape index (κ3) is 10.9. The second kappa shape index (κ2) is 16.1. The number of nitrogens with two attached hydrogens (primary N) is 1. The van der Waals surface area contributed by atoms with Crippen molar-refractivity contribution >= 4 is 24.1 Å². The van der Waals surface area contributed by atoms with E-state index in [0.717, 1.165) is 6.42 Å². The van der Waals surface area contributed by atoms with E-state index in [4.69, 9.17) is 29.4 Å². The van der Waals surface area contributed by atoms with Crippen LogP contribution in [0.15, 0.2) is 18.2 Å². The first-order valence-electron chi connectivity index (χ1n) is 13.6. The predicted molar refractivity (Wildman–Crippen MR) is 145 cm³/mol. The number of esters is 3. The highest BCUT2D eigenvalue weighted by atomic mass is 16.7. The van der Waals surface area contributed by atoms with Crippen LogP contribution in [0.4, 0.5) is 4.79 Å². The number of carbonyl (C=O) groups is 4. The molecule has 39 heavy (non-hydrogen) atoms. The molecule has 1 rings (SSSR count). The molecule has 0 bridgehead atoms. The fourth-order valence-electron chi connectivity index (χ4n) is 3.75. The maximum atomic E-state index is 12.8. The summed E-state index contributed by atoms with van der Waals surface area (Å²) in [4.78, 5) is 49.9. The van der Waals surface area contributed by atoms with Crippen LogP contribution in [-0.4, -0.2) is 48.9 Å². The van der Waals surface area contributed by atoms with Crippen molar-refractivity contribution < 1.29 is 42.9 Å². The first kappa shape index (κ1) is 33.9. The molecule has 2 N–H and O–H groups in total. The van der Waals surface area contributed by atoms with Gasteiger partial charge in [0.1, 0.15) is 17.7 Å². The third-order valence-corrected chi connectivity index (χ3v) is 6.51. The summed E-state index contributed by atoms with van der Waals surface area (Å²) in [5, 5.41) is 0. The summed E-state index contributed by atoms with van der Waals surface area (Å²) in [6.07, 6.45) is 0.664. The van der Waals surface area contributed by atoms with Crippen molar-refractivity contribution in [3.8, 4) is 11.5 Å². The Morgan fingerprint density at radius 1 is 0.846 bits per heavy atom. The molecule has 3 unspecified atom stereocenters. The summed E-state index contributed by atoms with van der Waals surface area (Å²) < 4.78 is 26.6. The molecule has 0 spiro atoms. The molecular weight excluding hydrogens is 506 g/mol. The zero-order valence-electron chi connectivity index (χ0n) is 24.5. The summed E-state index contributed by atoms with van der Waals surface area (Å²) >= 11 is 0. The van der Waals surface area contributed by atoms with Crippen LogP contribution in [-0.2, 0) is 35.0 Å². The molecule has 0 saturated heterocycles. The van der Waals surface area contributed by atoms with Crippen molar-refractivity contribution in [3.63, 3.8) is 0 Å². The van der Waals surface area contributed by atoms with Gasteiger partial charge >= 0.3 is 24.1 Å². The van der Waals surface area contributed by atoms with Gasteiger partial charge < -0.3 is 29.4 Å². The Morgan fingerprint density at radius 2 is 1.38 bits per heavy atom. The van der Waals surface area contributed by atoms with Crippen molar-refractivity contribution in [2.24, 2.45) is 17.6 Å². The Kier molecular flexibility index (Phi) is 14.0. The zero-order valence-corrected chi connectivity index (χ0v) is 24.5. The van der Waals surface area contributed by atoms with Crippen LogP contribution in [0, 0.1) is 11.8 Å². The second-order valence-electron chi connectivity index (χ2n) is 10.2. The lowest BCUT2D eigenvalue weighted by molar-refractivity contribution is -0.148. The Labute approximate surface area is 231 Å². The minimum atomic E-state index is -1.59. The fourth-order valence-corrected chi connectivity index (χ4v) is 3.75. The van der Waals surface area contributed by atoms with Crippen molar-refractivity contribution in [2.45, 2.75) is 105 Å². The molecule has 0 aromatic heterocycles. The van der Waals surface area contributed by atoms with Crippen LogP contribution in [0.2, 0.25) is 0 Å². The fraction of sp³-hybridized carbons (Fsp3) is 0.655. The summed E-state index contributed by atoms with van der Waals surface area (Å²) in [6, 6.07) is 4.63. The van der Waals surface area contributed by atoms with Gasteiger partial charge in [-0.1, -0.05) is 47.1 Å². The predicted octanol–water partition coefficient (Wildman–Crippen LogP) is 5.12. The molecule has 0 aliphatic rings. The Balaban J connectivity index is 3.23. The lowest BCUT2D eigenvalue weighted by Crippen LogP contribution is -2.53. The van der Waals surface area contributed by atoms with E-state index in [1.54, 1.807) is 33.8 Å². The van der Waals surface area contributed by atoms with Gasteiger partial charge in [0, 0.05) is 12.8 Å². The van der Waals surface area contributed by atoms with Gasteiger partial charge in [0.25, 0.3) is 0 Å². The Hall–Kier alpha value is -3.14. The van der Waals surface area contributed by atoms with E-state index >= 15 is 0 Å². The van der Waals surface area contributed by atoms with E-state index in [1.165, 1.54) is 19.2 Å².